The first-order valence-electron chi connectivity index (χ1n) is 10.2. The van der Waals surface area contributed by atoms with E-state index in [1.165, 1.54) is 13.5 Å². The molecule has 2 heterocycles. The van der Waals surface area contributed by atoms with E-state index in [9.17, 15) is 4.79 Å². The van der Waals surface area contributed by atoms with Crippen LogP contribution in [0.1, 0.15) is 49.4 Å². The summed E-state index contributed by atoms with van der Waals surface area (Å²) < 4.78 is 16.9. The molecule has 1 aliphatic rings. The Bertz CT molecular complexity index is 782. The predicted octanol–water partition coefficient (Wildman–Crippen LogP) is 3.74. The molecule has 2 aromatic rings. The summed E-state index contributed by atoms with van der Waals surface area (Å²) >= 11 is 0. The summed E-state index contributed by atoms with van der Waals surface area (Å²) in [6, 6.07) is 7.38. The van der Waals surface area contributed by atoms with Gasteiger partial charge in [-0.1, -0.05) is 19.8 Å². The maximum absolute atomic E-state index is 12.9. The van der Waals surface area contributed by atoms with Gasteiger partial charge in [0.15, 0.2) is 0 Å². The van der Waals surface area contributed by atoms with Gasteiger partial charge in [0.05, 0.1) is 20.3 Å². The van der Waals surface area contributed by atoms with Crippen LogP contribution in [-0.4, -0.2) is 53.7 Å². The SMILES string of the molecule is CCCCCOc1ccc(C(=O)N2CCCC(Oc3nccnc3OC)C2)cc1. The average molecular weight is 399 g/mol. The monoisotopic (exact) mass is 399 g/mol. The summed E-state index contributed by atoms with van der Waals surface area (Å²) in [5.41, 5.74) is 0.656. The maximum Gasteiger partial charge on any atom is 0.278 e. The molecule has 1 unspecified atom stereocenters. The zero-order valence-electron chi connectivity index (χ0n) is 17.2. The van der Waals surface area contributed by atoms with Gasteiger partial charge in [-0.05, 0) is 43.5 Å². The fourth-order valence-electron chi connectivity index (χ4n) is 3.33. The zero-order chi connectivity index (χ0) is 20.5. The van der Waals surface area contributed by atoms with Gasteiger partial charge in [-0.2, -0.15) is 0 Å². The molecule has 0 bridgehead atoms. The van der Waals surface area contributed by atoms with Crippen LogP contribution in [0.15, 0.2) is 36.7 Å². The number of ether oxygens (including phenoxy) is 3. The van der Waals surface area contributed by atoms with Crippen LogP contribution >= 0.6 is 0 Å². The van der Waals surface area contributed by atoms with Gasteiger partial charge in [0.2, 0.25) is 0 Å². The van der Waals surface area contributed by atoms with Crippen LogP contribution in [0.5, 0.6) is 17.5 Å². The lowest BCUT2D eigenvalue weighted by molar-refractivity contribution is 0.0519. The number of carbonyl (C=O) groups is 1. The molecule has 1 aromatic carbocycles. The Labute approximate surface area is 172 Å². The predicted molar refractivity (Wildman–Crippen MR) is 110 cm³/mol. The normalized spacial score (nSPS) is 16.3. The van der Waals surface area contributed by atoms with Crippen LogP contribution in [0.25, 0.3) is 0 Å². The van der Waals surface area contributed by atoms with E-state index >= 15 is 0 Å². The third kappa shape index (κ3) is 5.82. The van der Waals surface area contributed by atoms with E-state index in [0.29, 0.717) is 37.0 Å². The maximum atomic E-state index is 12.9. The number of carbonyl (C=O) groups excluding carboxylic acids is 1. The number of aromatic nitrogens is 2. The number of likely N-dealkylation sites (tertiary alicyclic amines) is 1. The first-order valence-corrected chi connectivity index (χ1v) is 10.2. The second-order valence-electron chi connectivity index (χ2n) is 7.08. The molecular weight excluding hydrogens is 370 g/mol. The van der Waals surface area contributed by atoms with E-state index in [4.69, 9.17) is 14.2 Å². The smallest absolute Gasteiger partial charge is 0.278 e. The highest BCUT2D eigenvalue weighted by Crippen LogP contribution is 2.24. The average Bonchev–Trinajstić information content (AvgIpc) is 2.77. The van der Waals surface area contributed by atoms with Gasteiger partial charge in [0, 0.05) is 24.5 Å². The van der Waals surface area contributed by atoms with Crippen molar-refractivity contribution in [1.29, 1.82) is 0 Å². The van der Waals surface area contributed by atoms with Crippen LogP contribution in [0.4, 0.5) is 0 Å². The standard InChI is InChI=1S/C22H29N3O4/c1-3-4-5-15-28-18-10-8-17(9-11-18)22(26)25-14-6-7-19(16-25)29-21-20(27-2)23-12-13-24-21/h8-13,19H,3-7,14-16H2,1-2H3. The van der Waals surface area contributed by atoms with Crippen LogP contribution < -0.4 is 14.2 Å². The molecule has 0 aliphatic carbocycles. The van der Waals surface area contributed by atoms with E-state index in [1.807, 2.05) is 29.2 Å². The third-order valence-corrected chi connectivity index (χ3v) is 4.89. The number of hydrogen-bond donors (Lipinski definition) is 0. The lowest BCUT2D eigenvalue weighted by Gasteiger charge is -2.32. The molecule has 3 rings (SSSR count). The van der Waals surface area contributed by atoms with Crippen molar-refractivity contribution in [1.82, 2.24) is 14.9 Å². The second-order valence-corrected chi connectivity index (χ2v) is 7.08. The lowest BCUT2D eigenvalue weighted by Crippen LogP contribution is -2.44. The molecule has 1 amide bonds. The molecular formula is C22H29N3O4. The molecule has 0 N–H and O–H groups in total. The molecule has 1 aromatic heterocycles. The molecule has 0 saturated carbocycles. The molecule has 0 radical (unpaired) electrons. The van der Waals surface area contributed by atoms with Crippen LogP contribution in [0.3, 0.4) is 0 Å². The summed E-state index contributed by atoms with van der Waals surface area (Å²) in [5.74, 6) is 1.51. The van der Waals surface area contributed by atoms with Crippen molar-refractivity contribution in [3.8, 4) is 17.5 Å². The van der Waals surface area contributed by atoms with Crippen LogP contribution in [0, 0.1) is 0 Å². The van der Waals surface area contributed by atoms with Crippen molar-refractivity contribution < 1.29 is 19.0 Å². The fourth-order valence-corrected chi connectivity index (χ4v) is 3.33. The van der Waals surface area contributed by atoms with Crippen molar-refractivity contribution in [2.75, 3.05) is 26.8 Å². The van der Waals surface area contributed by atoms with E-state index in [1.54, 1.807) is 12.4 Å². The van der Waals surface area contributed by atoms with Crippen LogP contribution in [0.2, 0.25) is 0 Å². The Kier molecular flexibility index (Phi) is 7.67. The number of amides is 1. The van der Waals surface area contributed by atoms with E-state index in [-0.39, 0.29) is 12.0 Å². The molecule has 1 atom stereocenters. The van der Waals surface area contributed by atoms with Crippen molar-refractivity contribution >= 4 is 5.91 Å². The van der Waals surface area contributed by atoms with Crippen LogP contribution in [-0.2, 0) is 0 Å². The van der Waals surface area contributed by atoms with E-state index < -0.39 is 0 Å². The van der Waals surface area contributed by atoms with Gasteiger partial charge < -0.3 is 19.1 Å². The first-order chi connectivity index (χ1) is 14.2. The Morgan fingerprint density at radius 3 is 2.62 bits per heavy atom. The zero-order valence-corrected chi connectivity index (χ0v) is 17.2. The van der Waals surface area contributed by atoms with Gasteiger partial charge in [0.25, 0.3) is 17.7 Å². The largest absolute Gasteiger partial charge is 0.494 e. The van der Waals surface area contributed by atoms with Gasteiger partial charge in [0.1, 0.15) is 11.9 Å². The Hall–Kier alpha value is -2.83. The number of methoxy groups -OCH3 is 1. The lowest BCUT2D eigenvalue weighted by atomic mass is 10.1. The molecule has 1 saturated heterocycles. The minimum Gasteiger partial charge on any atom is -0.494 e. The highest BCUT2D eigenvalue weighted by atomic mass is 16.5. The number of nitrogens with zero attached hydrogens (tertiary/aromatic N) is 3. The Morgan fingerprint density at radius 2 is 1.90 bits per heavy atom. The van der Waals surface area contributed by atoms with Gasteiger partial charge >= 0.3 is 0 Å². The molecule has 156 valence electrons. The number of hydrogen-bond acceptors (Lipinski definition) is 6. The van der Waals surface area contributed by atoms with Crippen molar-refractivity contribution in [2.24, 2.45) is 0 Å². The molecule has 1 fully saturated rings. The number of piperidine rings is 1. The minimum atomic E-state index is -0.139. The molecule has 29 heavy (non-hydrogen) atoms. The summed E-state index contributed by atoms with van der Waals surface area (Å²) in [4.78, 5) is 23.0. The highest BCUT2D eigenvalue weighted by molar-refractivity contribution is 5.94. The third-order valence-electron chi connectivity index (χ3n) is 4.89. The first kappa shape index (κ1) is 20.9. The van der Waals surface area contributed by atoms with E-state index in [2.05, 4.69) is 16.9 Å². The summed E-state index contributed by atoms with van der Waals surface area (Å²) in [5, 5.41) is 0. The van der Waals surface area contributed by atoms with Crippen molar-refractivity contribution in [2.45, 2.75) is 45.1 Å². The van der Waals surface area contributed by atoms with Gasteiger partial charge in [-0.15, -0.1) is 0 Å². The molecule has 7 heteroatoms. The Morgan fingerprint density at radius 1 is 1.14 bits per heavy atom. The Balaban J connectivity index is 1.56. The highest BCUT2D eigenvalue weighted by Gasteiger charge is 2.27. The van der Waals surface area contributed by atoms with Crippen molar-refractivity contribution in [3.63, 3.8) is 0 Å². The number of unbranched alkanes of at least 4 members (excludes halogenated alkanes) is 2. The minimum absolute atomic E-state index is 0.00180. The topological polar surface area (TPSA) is 73.8 Å². The molecule has 0 spiro atoms. The van der Waals surface area contributed by atoms with Gasteiger partial charge in [-0.25, -0.2) is 9.97 Å². The van der Waals surface area contributed by atoms with Gasteiger partial charge in [-0.3, -0.25) is 4.79 Å². The van der Waals surface area contributed by atoms with E-state index in [0.717, 1.165) is 31.4 Å². The molecule has 1 aliphatic heterocycles. The number of benzene rings is 1. The molecule has 7 nitrogen and oxygen atoms in total. The summed E-state index contributed by atoms with van der Waals surface area (Å²) in [6.07, 6.45) is 8.08. The summed E-state index contributed by atoms with van der Waals surface area (Å²) in [7, 11) is 1.53. The quantitative estimate of drug-likeness (QED) is 0.598. The number of rotatable bonds is 9. The second kappa shape index (κ2) is 10.6. The fraction of sp³-hybridized carbons (Fsp3) is 0.500. The summed E-state index contributed by atoms with van der Waals surface area (Å²) in [6.45, 7) is 4.10. The van der Waals surface area contributed by atoms with Crippen molar-refractivity contribution in [3.05, 3.63) is 42.2 Å².